The second kappa shape index (κ2) is 8.14. The molecular weight excluding hydrogens is 430 g/mol. The number of carbonyl (C=O) groups excluding carboxylic acids is 1. The molecule has 0 spiro atoms. The van der Waals surface area contributed by atoms with Gasteiger partial charge in [0.25, 0.3) is 0 Å². The molecule has 31 heavy (non-hydrogen) atoms. The summed E-state index contributed by atoms with van der Waals surface area (Å²) >= 11 is 1.39. The highest BCUT2D eigenvalue weighted by Gasteiger charge is 2.30. The molecular formula is C22H17F4N3OS. The highest BCUT2D eigenvalue weighted by atomic mass is 32.1. The summed E-state index contributed by atoms with van der Waals surface area (Å²) in [4.78, 5) is 19.4. The number of alkyl halides is 3. The van der Waals surface area contributed by atoms with Crippen molar-refractivity contribution in [2.45, 2.75) is 19.1 Å². The van der Waals surface area contributed by atoms with E-state index in [1.807, 2.05) is 9.78 Å². The Morgan fingerprint density at radius 2 is 1.77 bits per heavy atom. The monoisotopic (exact) mass is 447 g/mol. The van der Waals surface area contributed by atoms with E-state index in [4.69, 9.17) is 0 Å². The van der Waals surface area contributed by atoms with Gasteiger partial charge in [-0.15, -0.1) is 11.3 Å². The van der Waals surface area contributed by atoms with Crippen LogP contribution in [0.25, 0.3) is 16.2 Å². The van der Waals surface area contributed by atoms with Crippen LogP contribution in [0.5, 0.6) is 0 Å². The van der Waals surface area contributed by atoms with Crippen LogP contribution >= 0.6 is 11.3 Å². The van der Waals surface area contributed by atoms with Gasteiger partial charge in [0.15, 0.2) is 4.96 Å². The number of carbonyl (C=O) groups is 1. The molecule has 0 atom stereocenters. The first-order valence-corrected chi connectivity index (χ1v) is 10.2. The number of imidazole rings is 1. The maximum absolute atomic E-state index is 13.1. The van der Waals surface area contributed by atoms with E-state index in [0.717, 1.165) is 23.4 Å². The number of rotatable bonds is 5. The summed E-state index contributed by atoms with van der Waals surface area (Å²) in [6, 6.07) is 10.8. The molecule has 4 nitrogen and oxygen atoms in total. The summed E-state index contributed by atoms with van der Waals surface area (Å²) < 4.78 is 53.0. The van der Waals surface area contributed by atoms with Gasteiger partial charge in [0.05, 0.1) is 17.7 Å². The minimum absolute atomic E-state index is 0.121. The van der Waals surface area contributed by atoms with Gasteiger partial charge in [0.2, 0.25) is 5.91 Å². The Kier molecular flexibility index (Phi) is 5.53. The Morgan fingerprint density at radius 3 is 2.42 bits per heavy atom. The summed E-state index contributed by atoms with van der Waals surface area (Å²) in [6.45, 7) is 0.203. The fraction of sp³-hybridized carbons (Fsp3) is 0.182. The molecule has 4 rings (SSSR count). The Morgan fingerprint density at radius 1 is 1.10 bits per heavy atom. The fourth-order valence-corrected chi connectivity index (χ4v) is 4.04. The Balaban J connectivity index is 1.46. The summed E-state index contributed by atoms with van der Waals surface area (Å²) in [7, 11) is 1.61. The minimum Gasteiger partial charge on any atom is -0.341 e. The van der Waals surface area contributed by atoms with E-state index in [1.54, 1.807) is 25.4 Å². The van der Waals surface area contributed by atoms with Gasteiger partial charge in [0, 0.05) is 36.4 Å². The fourth-order valence-electron chi connectivity index (χ4n) is 3.17. The van der Waals surface area contributed by atoms with Crippen molar-refractivity contribution in [1.29, 1.82) is 0 Å². The molecule has 160 valence electrons. The second-order valence-electron chi connectivity index (χ2n) is 7.13. The largest absolute Gasteiger partial charge is 0.416 e. The first-order chi connectivity index (χ1) is 14.7. The molecule has 9 heteroatoms. The molecule has 0 radical (unpaired) electrons. The van der Waals surface area contributed by atoms with Crippen LogP contribution in [0, 0.1) is 5.82 Å². The summed E-state index contributed by atoms with van der Waals surface area (Å²) in [5.74, 6) is -0.497. The van der Waals surface area contributed by atoms with Crippen molar-refractivity contribution >= 4 is 22.2 Å². The molecule has 1 amide bonds. The van der Waals surface area contributed by atoms with E-state index in [0.29, 0.717) is 16.2 Å². The summed E-state index contributed by atoms with van der Waals surface area (Å²) in [6.07, 6.45) is -2.46. The topological polar surface area (TPSA) is 37.6 Å². The zero-order valence-electron chi connectivity index (χ0n) is 16.4. The SMILES string of the molecule is CN(Cc1ccc(C(F)(F)F)cc1)C(=O)Cc1csc2nc(-c3ccc(F)cc3)cn12. The second-order valence-corrected chi connectivity index (χ2v) is 7.97. The van der Waals surface area contributed by atoms with Crippen LogP contribution in [0.2, 0.25) is 0 Å². The molecule has 0 aliphatic rings. The van der Waals surface area contributed by atoms with Crippen LogP contribution in [-0.2, 0) is 23.9 Å². The number of hydrogen-bond donors (Lipinski definition) is 0. The molecule has 0 bridgehead atoms. The molecule has 2 heterocycles. The Hall–Kier alpha value is -3.20. The quantitative estimate of drug-likeness (QED) is 0.383. The van der Waals surface area contributed by atoms with Gasteiger partial charge in [-0.1, -0.05) is 12.1 Å². The number of thiazole rings is 1. The maximum Gasteiger partial charge on any atom is 0.416 e. The van der Waals surface area contributed by atoms with Gasteiger partial charge in [-0.2, -0.15) is 13.2 Å². The van der Waals surface area contributed by atoms with Crippen LogP contribution in [0.15, 0.2) is 60.1 Å². The Bertz CT molecular complexity index is 1210. The molecule has 2 aromatic carbocycles. The van der Waals surface area contributed by atoms with Crippen molar-refractivity contribution in [1.82, 2.24) is 14.3 Å². The molecule has 0 fully saturated rings. The Labute approximate surface area is 179 Å². The van der Waals surface area contributed by atoms with Gasteiger partial charge in [-0.3, -0.25) is 9.20 Å². The zero-order valence-corrected chi connectivity index (χ0v) is 17.2. The lowest BCUT2D eigenvalue weighted by Gasteiger charge is -2.17. The number of hydrogen-bond acceptors (Lipinski definition) is 3. The molecule has 0 N–H and O–H groups in total. The summed E-state index contributed by atoms with van der Waals surface area (Å²) in [5.41, 5.74) is 2.10. The number of aromatic nitrogens is 2. The number of likely N-dealkylation sites (N-methyl/N-ethyl adjacent to an activating group) is 1. The minimum atomic E-state index is -4.39. The van der Waals surface area contributed by atoms with Crippen LogP contribution in [0.1, 0.15) is 16.8 Å². The third kappa shape index (κ3) is 4.61. The van der Waals surface area contributed by atoms with Crippen molar-refractivity contribution in [2.24, 2.45) is 0 Å². The van der Waals surface area contributed by atoms with Crippen LogP contribution in [-0.4, -0.2) is 27.2 Å². The predicted molar refractivity (Wildman–Crippen MR) is 110 cm³/mol. The third-order valence-corrected chi connectivity index (χ3v) is 5.77. The molecule has 0 aliphatic heterocycles. The van der Waals surface area contributed by atoms with E-state index in [2.05, 4.69) is 4.98 Å². The lowest BCUT2D eigenvalue weighted by Crippen LogP contribution is -2.28. The average molecular weight is 447 g/mol. The first-order valence-electron chi connectivity index (χ1n) is 9.32. The van der Waals surface area contributed by atoms with Crippen LogP contribution < -0.4 is 0 Å². The van der Waals surface area contributed by atoms with Gasteiger partial charge in [-0.25, -0.2) is 9.37 Å². The summed E-state index contributed by atoms with van der Waals surface area (Å²) in [5, 5.41) is 1.85. The zero-order chi connectivity index (χ0) is 22.2. The number of benzene rings is 2. The molecule has 2 aromatic heterocycles. The highest BCUT2D eigenvalue weighted by molar-refractivity contribution is 7.15. The molecule has 0 saturated carbocycles. The van der Waals surface area contributed by atoms with Gasteiger partial charge in [-0.05, 0) is 42.0 Å². The van der Waals surface area contributed by atoms with Crippen molar-refractivity contribution in [3.63, 3.8) is 0 Å². The van der Waals surface area contributed by atoms with E-state index in [-0.39, 0.29) is 24.7 Å². The first kappa shape index (κ1) is 21.0. The molecule has 0 unspecified atom stereocenters. The predicted octanol–water partition coefficient (Wildman–Crippen LogP) is 5.42. The highest BCUT2D eigenvalue weighted by Crippen LogP contribution is 2.29. The number of nitrogens with zero attached hydrogens (tertiary/aromatic N) is 3. The van der Waals surface area contributed by atoms with E-state index in [1.165, 1.54) is 40.5 Å². The average Bonchev–Trinajstić information content (AvgIpc) is 3.30. The van der Waals surface area contributed by atoms with Crippen molar-refractivity contribution in [3.05, 3.63) is 82.7 Å². The van der Waals surface area contributed by atoms with Crippen molar-refractivity contribution in [2.75, 3.05) is 7.05 Å². The smallest absolute Gasteiger partial charge is 0.341 e. The number of halogens is 4. The molecule has 0 aliphatic carbocycles. The number of fused-ring (bicyclic) bond motifs is 1. The van der Waals surface area contributed by atoms with Crippen LogP contribution in [0.3, 0.4) is 0 Å². The normalized spacial score (nSPS) is 11.8. The third-order valence-electron chi connectivity index (χ3n) is 4.88. The van der Waals surface area contributed by atoms with Gasteiger partial charge >= 0.3 is 6.18 Å². The molecule has 0 saturated heterocycles. The van der Waals surface area contributed by atoms with E-state index in [9.17, 15) is 22.4 Å². The lowest BCUT2D eigenvalue weighted by molar-refractivity contribution is -0.137. The number of amides is 1. The van der Waals surface area contributed by atoms with Crippen LogP contribution in [0.4, 0.5) is 17.6 Å². The van der Waals surface area contributed by atoms with Crippen molar-refractivity contribution in [3.8, 4) is 11.3 Å². The van der Waals surface area contributed by atoms with Gasteiger partial charge in [0.1, 0.15) is 5.82 Å². The lowest BCUT2D eigenvalue weighted by atomic mass is 10.1. The maximum atomic E-state index is 13.1. The van der Waals surface area contributed by atoms with E-state index >= 15 is 0 Å². The van der Waals surface area contributed by atoms with E-state index < -0.39 is 11.7 Å². The van der Waals surface area contributed by atoms with Crippen molar-refractivity contribution < 1.29 is 22.4 Å². The van der Waals surface area contributed by atoms with Gasteiger partial charge < -0.3 is 4.90 Å². The standard InChI is InChI=1S/C22H17F4N3OS/c1-28(11-14-2-6-16(7-3-14)22(24,25)26)20(30)10-18-13-31-21-27-19(12-29(18)21)15-4-8-17(23)9-5-15/h2-9,12-13H,10-11H2,1H3. The molecule has 4 aromatic rings.